The predicted octanol–water partition coefficient (Wildman–Crippen LogP) is 4.15. The van der Waals surface area contributed by atoms with Crippen LogP contribution in [0.5, 0.6) is 5.75 Å². The van der Waals surface area contributed by atoms with E-state index in [9.17, 15) is 17.6 Å². The minimum Gasteiger partial charge on any atom is -0.489 e. The molecule has 1 aliphatic heterocycles. The van der Waals surface area contributed by atoms with Crippen LogP contribution in [0.1, 0.15) is 12.0 Å². The molecule has 5 rings (SSSR count). The van der Waals surface area contributed by atoms with E-state index in [4.69, 9.17) is 4.74 Å². The summed E-state index contributed by atoms with van der Waals surface area (Å²) in [6, 6.07) is 16.8. The molecule has 1 unspecified atom stereocenters. The van der Waals surface area contributed by atoms with Gasteiger partial charge in [0.25, 0.3) is 0 Å². The number of benzene rings is 2. The number of halogens is 1. The zero-order chi connectivity index (χ0) is 27.4. The van der Waals surface area contributed by atoms with Crippen molar-refractivity contribution < 1.29 is 22.3 Å². The van der Waals surface area contributed by atoms with E-state index in [1.165, 1.54) is 29.4 Å². The first kappa shape index (κ1) is 26.4. The van der Waals surface area contributed by atoms with Gasteiger partial charge in [-0.25, -0.2) is 27.6 Å². The van der Waals surface area contributed by atoms with E-state index in [2.05, 4.69) is 20.2 Å². The molecule has 2 aromatic carbocycles. The van der Waals surface area contributed by atoms with Crippen molar-refractivity contribution in [1.82, 2.24) is 19.9 Å². The molecule has 1 fully saturated rings. The molecule has 4 aromatic rings. The second-order valence-electron chi connectivity index (χ2n) is 9.52. The predicted molar refractivity (Wildman–Crippen MR) is 145 cm³/mol. The van der Waals surface area contributed by atoms with Gasteiger partial charge >= 0.3 is 6.03 Å². The highest BCUT2D eigenvalue weighted by Crippen LogP contribution is 2.23. The molecule has 3 heterocycles. The smallest absolute Gasteiger partial charge is 0.326 e. The molecule has 1 N–H and O–H groups in total. The summed E-state index contributed by atoms with van der Waals surface area (Å²) in [4.78, 5) is 23.5. The number of carbonyl (C=O) groups excluding carboxylic acids is 1. The third-order valence-electron chi connectivity index (χ3n) is 6.59. The Morgan fingerprint density at radius 3 is 2.54 bits per heavy atom. The fraction of sp³-hybridized carbons (Fsp3) is 0.250. The van der Waals surface area contributed by atoms with Crippen molar-refractivity contribution in [3.05, 3.63) is 90.8 Å². The largest absolute Gasteiger partial charge is 0.489 e. The van der Waals surface area contributed by atoms with Crippen LogP contribution < -0.4 is 15.0 Å². The number of amides is 1. The number of anilines is 1. The normalized spacial score (nSPS) is 15.3. The maximum atomic E-state index is 13.1. The van der Waals surface area contributed by atoms with Crippen molar-refractivity contribution >= 4 is 21.7 Å². The van der Waals surface area contributed by atoms with Gasteiger partial charge in [-0.1, -0.05) is 12.1 Å². The summed E-state index contributed by atoms with van der Waals surface area (Å²) in [5, 5.41) is 2.96. The molecule has 39 heavy (non-hydrogen) atoms. The Morgan fingerprint density at radius 2 is 1.85 bits per heavy atom. The Bertz CT molecular complexity index is 1540. The zero-order valence-corrected chi connectivity index (χ0v) is 22.1. The lowest BCUT2D eigenvalue weighted by Crippen LogP contribution is -2.33. The van der Waals surface area contributed by atoms with Crippen LogP contribution in [0.25, 0.3) is 11.3 Å². The number of sulfone groups is 1. The van der Waals surface area contributed by atoms with Crippen molar-refractivity contribution in [1.29, 1.82) is 0 Å². The quantitative estimate of drug-likeness (QED) is 0.352. The third-order valence-corrected chi connectivity index (χ3v) is 7.72. The minimum atomic E-state index is -3.23. The van der Waals surface area contributed by atoms with Gasteiger partial charge in [-0.05, 0) is 66.4 Å². The lowest BCUT2D eigenvalue weighted by Gasteiger charge is -2.17. The van der Waals surface area contributed by atoms with E-state index < -0.39 is 9.84 Å². The van der Waals surface area contributed by atoms with Crippen molar-refractivity contribution in [3.63, 3.8) is 0 Å². The molecule has 0 saturated carbocycles. The average Bonchev–Trinajstić information content (AvgIpc) is 3.62. The van der Waals surface area contributed by atoms with Gasteiger partial charge in [0, 0.05) is 37.7 Å². The van der Waals surface area contributed by atoms with E-state index in [0.29, 0.717) is 24.6 Å². The van der Waals surface area contributed by atoms with Crippen LogP contribution in [0.4, 0.5) is 15.0 Å². The van der Waals surface area contributed by atoms with Crippen LogP contribution in [0.15, 0.2) is 84.3 Å². The van der Waals surface area contributed by atoms with Gasteiger partial charge in [0.1, 0.15) is 30.3 Å². The first-order valence-electron chi connectivity index (χ1n) is 12.5. The average molecular weight is 550 g/mol. The fourth-order valence-electron chi connectivity index (χ4n) is 4.39. The van der Waals surface area contributed by atoms with E-state index in [1.54, 1.807) is 36.5 Å². The van der Waals surface area contributed by atoms with Crippen molar-refractivity contribution in [2.24, 2.45) is 5.92 Å². The molecule has 2 aromatic heterocycles. The molecule has 0 bridgehead atoms. The minimum absolute atomic E-state index is 0.256. The first-order valence-corrected chi connectivity index (χ1v) is 14.3. The number of hydrogen-bond donors (Lipinski definition) is 1. The van der Waals surface area contributed by atoms with Crippen LogP contribution >= 0.6 is 0 Å². The number of carbonyl (C=O) groups is 1. The molecule has 0 radical (unpaired) electrons. The number of nitrogens with one attached hydrogen (secondary N) is 1. The summed E-state index contributed by atoms with van der Waals surface area (Å²) in [7, 11) is -3.23. The fourth-order valence-corrected chi connectivity index (χ4v) is 5.02. The monoisotopic (exact) mass is 549 g/mol. The van der Waals surface area contributed by atoms with Gasteiger partial charge in [-0.2, -0.15) is 0 Å². The highest BCUT2D eigenvalue weighted by Gasteiger charge is 2.24. The lowest BCUT2D eigenvalue weighted by atomic mass is 10.1. The van der Waals surface area contributed by atoms with Crippen LogP contribution in [-0.2, 0) is 16.4 Å². The van der Waals surface area contributed by atoms with Crippen molar-refractivity contribution in [2.75, 3.05) is 30.8 Å². The first-order chi connectivity index (χ1) is 18.7. The topological polar surface area (TPSA) is 106 Å². The maximum Gasteiger partial charge on any atom is 0.326 e. The molecule has 11 heteroatoms. The van der Waals surface area contributed by atoms with Crippen LogP contribution in [0, 0.1) is 11.7 Å². The Morgan fingerprint density at radius 1 is 1.08 bits per heavy atom. The van der Waals surface area contributed by atoms with Crippen LogP contribution in [-0.4, -0.2) is 54.9 Å². The van der Waals surface area contributed by atoms with Crippen molar-refractivity contribution in [2.45, 2.75) is 17.9 Å². The molecule has 202 valence electrons. The highest BCUT2D eigenvalue weighted by atomic mass is 32.2. The number of ether oxygens (including phenoxy) is 1. The molecular formula is C28H28FN5O4S. The molecule has 1 saturated heterocycles. The Labute approximate surface area is 226 Å². The number of aromatic nitrogens is 3. The zero-order valence-electron chi connectivity index (χ0n) is 21.3. The second-order valence-corrected chi connectivity index (χ2v) is 11.5. The number of pyridine rings is 1. The lowest BCUT2D eigenvalue weighted by molar-refractivity contribution is 0.240. The summed E-state index contributed by atoms with van der Waals surface area (Å²) in [5.74, 6) is 1.31. The standard InChI is InChI=1S/C28H28FN5O4S/c1-39(36,37)25-9-2-20(3-10-25)18-38-24-7-4-22(5-8-24)26-17-34(19-32-26)28(35)31-14-21-12-13-33(16-21)27-11-6-23(29)15-30-27/h2-11,15,17,19,21H,12-14,16,18H2,1H3,(H,31,35). The van der Waals surface area contributed by atoms with Gasteiger partial charge in [0.05, 0.1) is 16.8 Å². The van der Waals surface area contributed by atoms with Gasteiger partial charge in [0.2, 0.25) is 0 Å². The highest BCUT2D eigenvalue weighted by molar-refractivity contribution is 7.90. The van der Waals surface area contributed by atoms with E-state index in [0.717, 1.165) is 36.5 Å². The van der Waals surface area contributed by atoms with Gasteiger partial charge < -0.3 is 15.0 Å². The SMILES string of the molecule is CS(=O)(=O)c1ccc(COc2ccc(-c3cn(C(=O)NCC4CCN(c5ccc(F)cn5)C4)cn3)cc2)cc1. The van der Waals surface area contributed by atoms with Crippen LogP contribution in [0.3, 0.4) is 0 Å². The van der Waals surface area contributed by atoms with E-state index in [-0.39, 0.29) is 22.7 Å². The molecule has 1 aliphatic rings. The van der Waals surface area contributed by atoms with Crippen LogP contribution in [0.2, 0.25) is 0 Å². The molecule has 9 nitrogen and oxygen atoms in total. The summed E-state index contributed by atoms with van der Waals surface area (Å²) in [6.07, 6.45) is 6.46. The summed E-state index contributed by atoms with van der Waals surface area (Å²) in [5.41, 5.74) is 2.35. The van der Waals surface area contributed by atoms with Gasteiger partial charge in [-0.15, -0.1) is 0 Å². The van der Waals surface area contributed by atoms with E-state index >= 15 is 0 Å². The summed E-state index contributed by atoms with van der Waals surface area (Å²) >= 11 is 0. The number of nitrogens with zero attached hydrogens (tertiary/aromatic N) is 4. The number of imidazole rings is 1. The number of rotatable bonds is 8. The molecule has 1 atom stereocenters. The summed E-state index contributed by atoms with van der Waals surface area (Å²) < 4.78 is 43.5. The molecule has 0 spiro atoms. The Balaban J connectivity index is 1.11. The third kappa shape index (κ3) is 6.61. The molecule has 0 aliphatic carbocycles. The maximum absolute atomic E-state index is 13.1. The second kappa shape index (κ2) is 11.2. The van der Waals surface area contributed by atoms with Gasteiger partial charge in [-0.3, -0.25) is 4.57 Å². The van der Waals surface area contributed by atoms with Gasteiger partial charge in [0.15, 0.2) is 9.84 Å². The van der Waals surface area contributed by atoms with Crippen molar-refractivity contribution in [3.8, 4) is 17.0 Å². The number of hydrogen-bond acceptors (Lipinski definition) is 7. The molecular weight excluding hydrogens is 521 g/mol. The molecule has 1 amide bonds. The Kier molecular flexibility index (Phi) is 7.60. The summed E-state index contributed by atoms with van der Waals surface area (Å²) in [6.45, 7) is 2.38. The van der Waals surface area contributed by atoms with E-state index in [1.807, 2.05) is 24.3 Å². The Hall–Kier alpha value is -4.25.